The minimum atomic E-state index is -0.0134. The third-order valence-corrected chi connectivity index (χ3v) is 3.34. The zero-order chi connectivity index (χ0) is 11.6. The van der Waals surface area contributed by atoms with E-state index >= 15 is 0 Å². The first kappa shape index (κ1) is 11.0. The maximum Gasteiger partial charge on any atom is 0.220 e. The highest BCUT2D eigenvalue weighted by molar-refractivity contribution is 5.77. The van der Waals surface area contributed by atoms with Crippen LogP contribution < -0.4 is 10.1 Å². The second-order valence-corrected chi connectivity index (χ2v) is 4.54. The summed E-state index contributed by atoms with van der Waals surface area (Å²) in [6.45, 7) is 2.86. The van der Waals surface area contributed by atoms with Crippen molar-refractivity contribution in [3.8, 4) is 5.75 Å². The maximum absolute atomic E-state index is 11.2. The Balaban J connectivity index is 2.32. The SMILES string of the molecule is COc1ccccc1C1(C)CCC(=O)NC1. The summed E-state index contributed by atoms with van der Waals surface area (Å²) in [5, 5.41) is 2.93. The van der Waals surface area contributed by atoms with Crippen molar-refractivity contribution in [2.75, 3.05) is 13.7 Å². The zero-order valence-corrected chi connectivity index (χ0v) is 9.75. The lowest BCUT2D eigenvalue weighted by Gasteiger charge is -2.35. The Morgan fingerprint density at radius 2 is 2.12 bits per heavy atom. The van der Waals surface area contributed by atoms with Gasteiger partial charge in [0.15, 0.2) is 0 Å². The van der Waals surface area contributed by atoms with Gasteiger partial charge >= 0.3 is 0 Å². The zero-order valence-electron chi connectivity index (χ0n) is 9.75. The van der Waals surface area contributed by atoms with Gasteiger partial charge in [-0.2, -0.15) is 0 Å². The van der Waals surface area contributed by atoms with E-state index in [0.29, 0.717) is 13.0 Å². The topological polar surface area (TPSA) is 38.3 Å². The molecule has 0 aliphatic carbocycles. The first-order valence-electron chi connectivity index (χ1n) is 5.56. The number of carbonyl (C=O) groups excluding carboxylic acids is 1. The lowest BCUT2D eigenvalue weighted by atomic mass is 9.76. The average Bonchev–Trinajstić information content (AvgIpc) is 2.33. The second kappa shape index (κ2) is 4.16. The third-order valence-electron chi connectivity index (χ3n) is 3.34. The minimum absolute atomic E-state index is 0.0134. The number of nitrogens with one attached hydrogen (secondary N) is 1. The Hall–Kier alpha value is -1.51. The smallest absolute Gasteiger partial charge is 0.220 e. The van der Waals surface area contributed by atoms with E-state index in [1.165, 1.54) is 5.56 Å². The van der Waals surface area contributed by atoms with Crippen molar-refractivity contribution in [3.63, 3.8) is 0 Å². The first-order valence-corrected chi connectivity index (χ1v) is 5.56. The van der Waals surface area contributed by atoms with Crippen molar-refractivity contribution in [2.24, 2.45) is 0 Å². The minimum Gasteiger partial charge on any atom is -0.496 e. The van der Waals surface area contributed by atoms with Crippen molar-refractivity contribution in [1.29, 1.82) is 0 Å². The van der Waals surface area contributed by atoms with Crippen LogP contribution >= 0.6 is 0 Å². The van der Waals surface area contributed by atoms with Gasteiger partial charge in [-0.25, -0.2) is 0 Å². The number of ether oxygens (including phenoxy) is 1. The standard InChI is InChI=1S/C13H17NO2/c1-13(8-7-12(15)14-9-13)10-5-3-4-6-11(10)16-2/h3-6H,7-9H2,1-2H3,(H,14,15). The van der Waals surface area contributed by atoms with Gasteiger partial charge in [0.05, 0.1) is 7.11 Å². The van der Waals surface area contributed by atoms with Crippen LogP contribution in [0.1, 0.15) is 25.3 Å². The van der Waals surface area contributed by atoms with Crippen LogP contribution in [-0.2, 0) is 10.2 Å². The van der Waals surface area contributed by atoms with Crippen LogP contribution in [0.4, 0.5) is 0 Å². The molecule has 16 heavy (non-hydrogen) atoms. The van der Waals surface area contributed by atoms with Crippen LogP contribution in [0, 0.1) is 0 Å². The molecular formula is C13H17NO2. The lowest BCUT2D eigenvalue weighted by molar-refractivity contribution is -0.123. The molecule has 1 heterocycles. The molecule has 1 fully saturated rings. The summed E-state index contributed by atoms with van der Waals surface area (Å²) in [6.07, 6.45) is 1.47. The predicted octanol–water partition coefficient (Wildman–Crippen LogP) is 1.86. The molecule has 1 aromatic rings. The van der Waals surface area contributed by atoms with Crippen molar-refractivity contribution in [3.05, 3.63) is 29.8 Å². The highest BCUT2D eigenvalue weighted by Crippen LogP contribution is 2.36. The Morgan fingerprint density at radius 3 is 2.75 bits per heavy atom. The van der Waals surface area contributed by atoms with Crippen LogP contribution in [0.3, 0.4) is 0 Å². The Bertz CT molecular complexity index is 391. The van der Waals surface area contributed by atoms with Gasteiger partial charge in [-0.15, -0.1) is 0 Å². The molecule has 3 nitrogen and oxygen atoms in total. The van der Waals surface area contributed by atoms with E-state index in [1.807, 2.05) is 18.2 Å². The number of para-hydroxylation sites is 1. The first-order chi connectivity index (χ1) is 7.65. The molecule has 1 aromatic carbocycles. The van der Waals surface area contributed by atoms with Gasteiger partial charge in [0.2, 0.25) is 5.91 Å². The van der Waals surface area contributed by atoms with E-state index in [2.05, 4.69) is 18.3 Å². The molecule has 1 aliphatic rings. The van der Waals surface area contributed by atoms with Crippen molar-refractivity contribution < 1.29 is 9.53 Å². The average molecular weight is 219 g/mol. The summed E-state index contributed by atoms with van der Waals surface area (Å²) >= 11 is 0. The molecule has 0 bridgehead atoms. The van der Waals surface area contributed by atoms with Crippen LogP contribution in [0.5, 0.6) is 5.75 Å². The maximum atomic E-state index is 11.2. The summed E-state index contributed by atoms with van der Waals surface area (Å²) in [5.74, 6) is 1.05. The molecule has 86 valence electrons. The number of carbonyl (C=O) groups is 1. The summed E-state index contributed by atoms with van der Waals surface area (Å²) in [7, 11) is 1.68. The summed E-state index contributed by atoms with van der Waals surface area (Å²) in [4.78, 5) is 11.2. The molecule has 1 aliphatic heterocycles. The number of rotatable bonds is 2. The van der Waals surface area contributed by atoms with E-state index in [0.717, 1.165) is 12.2 Å². The Labute approximate surface area is 95.8 Å². The monoisotopic (exact) mass is 219 g/mol. The number of hydrogen-bond acceptors (Lipinski definition) is 2. The van der Waals surface area contributed by atoms with Gasteiger partial charge in [0, 0.05) is 23.9 Å². The molecule has 0 aromatic heterocycles. The fraction of sp³-hybridized carbons (Fsp3) is 0.462. The largest absolute Gasteiger partial charge is 0.496 e. The van der Waals surface area contributed by atoms with Crippen molar-refractivity contribution in [1.82, 2.24) is 5.32 Å². The van der Waals surface area contributed by atoms with Crippen LogP contribution in [-0.4, -0.2) is 19.6 Å². The van der Waals surface area contributed by atoms with E-state index in [1.54, 1.807) is 7.11 Å². The number of amides is 1. The fourth-order valence-corrected chi connectivity index (χ4v) is 2.23. The molecule has 1 amide bonds. The molecule has 0 spiro atoms. The molecule has 1 N–H and O–H groups in total. The summed E-state index contributed by atoms with van der Waals surface area (Å²) in [6, 6.07) is 8.03. The van der Waals surface area contributed by atoms with Gasteiger partial charge < -0.3 is 10.1 Å². The molecular weight excluding hydrogens is 202 g/mol. The normalized spacial score (nSPS) is 25.0. The predicted molar refractivity (Wildman–Crippen MR) is 62.6 cm³/mol. The quantitative estimate of drug-likeness (QED) is 0.824. The summed E-state index contributed by atoms with van der Waals surface area (Å²) in [5.41, 5.74) is 1.16. The lowest BCUT2D eigenvalue weighted by Crippen LogP contribution is -2.44. The number of methoxy groups -OCH3 is 1. The van der Waals surface area contributed by atoms with Gasteiger partial charge in [-0.05, 0) is 12.5 Å². The fourth-order valence-electron chi connectivity index (χ4n) is 2.23. The van der Waals surface area contributed by atoms with E-state index in [-0.39, 0.29) is 11.3 Å². The van der Waals surface area contributed by atoms with Crippen LogP contribution in [0.15, 0.2) is 24.3 Å². The number of benzene rings is 1. The second-order valence-electron chi connectivity index (χ2n) is 4.54. The summed E-state index contributed by atoms with van der Waals surface area (Å²) < 4.78 is 5.38. The molecule has 0 saturated carbocycles. The van der Waals surface area contributed by atoms with Crippen molar-refractivity contribution in [2.45, 2.75) is 25.2 Å². The van der Waals surface area contributed by atoms with E-state index < -0.39 is 0 Å². The molecule has 1 atom stereocenters. The number of piperidine rings is 1. The molecule has 3 heteroatoms. The van der Waals surface area contributed by atoms with Crippen LogP contribution in [0.2, 0.25) is 0 Å². The van der Waals surface area contributed by atoms with Gasteiger partial charge in [0.25, 0.3) is 0 Å². The van der Waals surface area contributed by atoms with E-state index in [9.17, 15) is 4.79 Å². The highest BCUT2D eigenvalue weighted by atomic mass is 16.5. The molecule has 1 saturated heterocycles. The van der Waals surface area contributed by atoms with E-state index in [4.69, 9.17) is 4.74 Å². The van der Waals surface area contributed by atoms with Gasteiger partial charge in [0.1, 0.15) is 5.75 Å². The molecule has 1 unspecified atom stereocenters. The van der Waals surface area contributed by atoms with Crippen LogP contribution in [0.25, 0.3) is 0 Å². The molecule has 0 radical (unpaired) electrons. The highest BCUT2D eigenvalue weighted by Gasteiger charge is 2.33. The van der Waals surface area contributed by atoms with Gasteiger partial charge in [-0.3, -0.25) is 4.79 Å². The van der Waals surface area contributed by atoms with Gasteiger partial charge in [-0.1, -0.05) is 25.1 Å². The van der Waals surface area contributed by atoms with Crippen molar-refractivity contribution >= 4 is 5.91 Å². The third kappa shape index (κ3) is 1.90. The number of hydrogen-bond donors (Lipinski definition) is 1. The Morgan fingerprint density at radius 1 is 1.38 bits per heavy atom. The molecule has 2 rings (SSSR count). The Kier molecular flexibility index (Phi) is 2.86.